The maximum Gasteiger partial charge on any atom is 0.309 e. The number of aryl methyl sites for hydroxylation is 1. The predicted octanol–water partition coefficient (Wildman–Crippen LogP) is 5.86. The van der Waals surface area contributed by atoms with E-state index in [0.29, 0.717) is 29.0 Å². The van der Waals surface area contributed by atoms with Gasteiger partial charge >= 0.3 is 5.97 Å². The molecule has 0 amide bonds. The number of carbonyl (C=O) groups is 2. The average Bonchev–Trinajstić information content (AvgIpc) is 3.34. The van der Waals surface area contributed by atoms with Crippen LogP contribution < -0.4 is 4.73 Å². The lowest BCUT2D eigenvalue weighted by molar-refractivity contribution is -0.608. The van der Waals surface area contributed by atoms with Crippen molar-refractivity contribution < 1.29 is 24.2 Å². The van der Waals surface area contributed by atoms with Crippen molar-refractivity contribution in [2.75, 3.05) is 0 Å². The SMILES string of the molecule is C/C(=C\c1csc(C)[n+]1[O-])C1CC2CC2(C)CCCC(C)C(C)C(C)C(=O)C(C)(C)C(O)CC(=O)O1. The third kappa shape index (κ3) is 6.21. The third-order valence-corrected chi connectivity index (χ3v) is 10.3. The largest absolute Gasteiger partial charge is 0.617 e. The molecule has 7 heteroatoms. The van der Waals surface area contributed by atoms with Crippen molar-refractivity contribution in [1.29, 1.82) is 0 Å². The molecule has 1 aliphatic heterocycles. The fraction of sp³-hybridized carbons (Fsp3) is 0.759. The Morgan fingerprint density at radius 2 is 1.92 bits per heavy atom. The van der Waals surface area contributed by atoms with Crippen LogP contribution in [0.25, 0.3) is 6.08 Å². The number of cyclic esters (lactones) is 1. The van der Waals surface area contributed by atoms with E-state index in [-0.39, 0.29) is 29.5 Å². The van der Waals surface area contributed by atoms with Gasteiger partial charge < -0.3 is 15.1 Å². The van der Waals surface area contributed by atoms with Gasteiger partial charge in [-0.25, -0.2) is 0 Å². The van der Waals surface area contributed by atoms with Gasteiger partial charge in [-0.1, -0.05) is 65.7 Å². The van der Waals surface area contributed by atoms with Crippen molar-refractivity contribution in [3.63, 3.8) is 0 Å². The first-order valence-electron chi connectivity index (χ1n) is 13.4. The van der Waals surface area contributed by atoms with Gasteiger partial charge in [0, 0.05) is 18.9 Å². The highest BCUT2D eigenvalue weighted by molar-refractivity contribution is 7.09. The molecule has 7 unspecified atom stereocenters. The van der Waals surface area contributed by atoms with Crippen LogP contribution in [-0.4, -0.2) is 29.1 Å². The standard InChI is InChI=1S/C29H45NO5S/c1-17-10-9-11-29(8)15-22(29)13-24(18(2)12-23-16-36-21(5)30(23)34)35-26(32)14-25(31)28(6,7)27(33)20(4)19(17)3/h12,16-17,19-20,22,24-25,31H,9-11,13-15H2,1-8H3/b18-12+. The minimum absolute atomic E-state index is 0.0103. The third-order valence-electron chi connectivity index (χ3n) is 9.40. The van der Waals surface area contributed by atoms with Gasteiger partial charge in [-0.3, -0.25) is 9.59 Å². The molecule has 1 saturated carbocycles. The monoisotopic (exact) mass is 519 g/mol. The van der Waals surface area contributed by atoms with Crippen molar-refractivity contribution in [2.45, 2.75) is 106 Å². The molecule has 1 aliphatic carbocycles. The number of rotatable bonds is 2. The van der Waals surface area contributed by atoms with Crippen LogP contribution in [0.2, 0.25) is 0 Å². The molecule has 2 heterocycles. The van der Waals surface area contributed by atoms with E-state index in [0.717, 1.165) is 36.0 Å². The fourth-order valence-electron chi connectivity index (χ4n) is 5.80. The zero-order valence-electron chi connectivity index (χ0n) is 23.3. The number of aliphatic hydroxyl groups excluding tert-OH is 1. The van der Waals surface area contributed by atoms with Crippen molar-refractivity contribution in [3.05, 3.63) is 26.9 Å². The molecule has 0 radical (unpaired) electrons. The Morgan fingerprint density at radius 1 is 1.25 bits per heavy atom. The number of aromatic nitrogens is 1. The molecule has 1 saturated heterocycles. The van der Waals surface area contributed by atoms with Crippen LogP contribution in [0.5, 0.6) is 0 Å². The Kier molecular flexibility index (Phi) is 8.76. The summed E-state index contributed by atoms with van der Waals surface area (Å²) in [5.41, 5.74) is 0.537. The first kappa shape index (κ1) is 28.8. The van der Waals surface area contributed by atoms with E-state index in [9.17, 15) is 19.9 Å². The Balaban J connectivity index is 1.88. The lowest BCUT2D eigenvalue weighted by atomic mass is 9.70. The lowest BCUT2D eigenvalue weighted by Crippen LogP contribution is -2.44. The molecular weight excluding hydrogens is 474 g/mol. The summed E-state index contributed by atoms with van der Waals surface area (Å²) < 4.78 is 6.85. The number of hydrogen-bond donors (Lipinski definition) is 1. The second-order valence-electron chi connectivity index (χ2n) is 12.5. The first-order chi connectivity index (χ1) is 16.7. The van der Waals surface area contributed by atoms with Gasteiger partial charge in [0.2, 0.25) is 10.7 Å². The highest BCUT2D eigenvalue weighted by Crippen LogP contribution is 2.58. The maximum atomic E-state index is 13.4. The summed E-state index contributed by atoms with van der Waals surface area (Å²) in [6.45, 7) is 15.8. The smallest absolute Gasteiger partial charge is 0.309 e. The van der Waals surface area contributed by atoms with Crippen LogP contribution in [-0.2, 0) is 14.3 Å². The molecule has 0 bridgehead atoms. The molecule has 7 atom stereocenters. The Bertz CT molecular complexity index is 998. The maximum absolute atomic E-state index is 13.4. The topological polar surface area (TPSA) is 90.5 Å². The number of hydrogen-bond acceptors (Lipinski definition) is 6. The van der Waals surface area contributed by atoms with Gasteiger partial charge in [-0.15, -0.1) is 0 Å². The molecule has 1 N–H and O–H groups in total. The number of aliphatic hydroxyl groups is 1. The minimum atomic E-state index is -1.13. The molecule has 2 fully saturated rings. The van der Waals surface area contributed by atoms with Gasteiger partial charge in [0.15, 0.2) is 0 Å². The summed E-state index contributed by atoms with van der Waals surface area (Å²) in [4.78, 5) is 26.4. The Morgan fingerprint density at radius 3 is 2.53 bits per heavy atom. The van der Waals surface area contributed by atoms with Crippen LogP contribution >= 0.6 is 11.3 Å². The van der Waals surface area contributed by atoms with Crippen molar-refractivity contribution >= 4 is 29.2 Å². The number of nitrogens with zero attached hydrogens (tertiary/aromatic N) is 1. The van der Waals surface area contributed by atoms with Gasteiger partial charge in [0.05, 0.1) is 23.3 Å². The molecule has 202 valence electrons. The van der Waals surface area contributed by atoms with Crippen molar-refractivity contribution in [3.8, 4) is 0 Å². The fourth-order valence-corrected chi connectivity index (χ4v) is 6.45. The second-order valence-corrected chi connectivity index (χ2v) is 13.5. The summed E-state index contributed by atoms with van der Waals surface area (Å²) in [6, 6.07) is 0. The molecule has 36 heavy (non-hydrogen) atoms. The van der Waals surface area contributed by atoms with Crippen LogP contribution in [0, 0.1) is 46.6 Å². The normalized spacial score (nSPS) is 36.8. The van der Waals surface area contributed by atoms with E-state index in [4.69, 9.17) is 4.74 Å². The number of esters is 1. The quantitative estimate of drug-likeness (QED) is 0.300. The molecule has 0 aromatic carbocycles. The molecule has 3 rings (SSSR count). The number of ketones is 1. The number of Topliss-reactive ketones (excluding diaryl/α,β-unsaturated/α-hetero) is 1. The summed E-state index contributed by atoms with van der Waals surface area (Å²) >= 11 is 1.39. The van der Waals surface area contributed by atoms with Crippen molar-refractivity contribution in [2.24, 2.45) is 34.5 Å². The van der Waals surface area contributed by atoms with Crippen LogP contribution in [0.3, 0.4) is 0 Å². The number of thiazole rings is 1. The van der Waals surface area contributed by atoms with Gasteiger partial charge in [0.1, 0.15) is 11.9 Å². The highest BCUT2D eigenvalue weighted by atomic mass is 32.1. The van der Waals surface area contributed by atoms with Gasteiger partial charge in [-0.2, -0.15) is 4.73 Å². The van der Waals surface area contributed by atoms with Crippen LogP contribution in [0.4, 0.5) is 0 Å². The molecule has 2 aliphatic rings. The number of ether oxygens (including phenoxy) is 1. The lowest BCUT2D eigenvalue weighted by Gasteiger charge is -2.35. The highest BCUT2D eigenvalue weighted by Gasteiger charge is 2.50. The van der Waals surface area contributed by atoms with E-state index in [1.807, 2.05) is 19.2 Å². The predicted molar refractivity (Wildman–Crippen MR) is 143 cm³/mol. The summed E-state index contributed by atoms with van der Waals surface area (Å²) in [5.74, 6) is 0.327. The van der Waals surface area contributed by atoms with Crippen LogP contribution in [0.1, 0.15) is 97.7 Å². The van der Waals surface area contributed by atoms with E-state index >= 15 is 0 Å². The minimum Gasteiger partial charge on any atom is -0.617 e. The van der Waals surface area contributed by atoms with Gasteiger partial charge in [0.25, 0.3) is 0 Å². The summed E-state index contributed by atoms with van der Waals surface area (Å²) in [7, 11) is 0. The zero-order valence-corrected chi connectivity index (χ0v) is 24.1. The Hall–Kier alpha value is -1.73. The van der Waals surface area contributed by atoms with Crippen molar-refractivity contribution in [1.82, 2.24) is 0 Å². The second kappa shape index (κ2) is 10.9. The summed E-state index contributed by atoms with van der Waals surface area (Å²) in [6.07, 6.45) is 5.07. The molecule has 1 aromatic heterocycles. The zero-order chi connectivity index (χ0) is 27.0. The molecule has 0 spiro atoms. The first-order valence-corrected chi connectivity index (χ1v) is 14.3. The average molecular weight is 520 g/mol. The molecule has 6 nitrogen and oxygen atoms in total. The van der Waals surface area contributed by atoms with Crippen LogP contribution in [0.15, 0.2) is 11.0 Å². The van der Waals surface area contributed by atoms with E-state index < -0.39 is 23.6 Å². The van der Waals surface area contributed by atoms with E-state index in [2.05, 4.69) is 20.8 Å². The molecule has 1 aromatic rings. The van der Waals surface area contributed by atoms with E-state index in [1.165, 1.54) is 11.3 Å². The van der Waals surface area contributed by atoms with Gasteiger partial charge in [-0.05, 0) is 54.9 Å². The summed E-state index contributed by atoms with van der Waals surface area (Å²) in [5, 5.41) is 25.8. The molecular formula is C29H45NO5S. The number of carbonyl (C=O) groups excluding carboxylic acids is 2. The Labute approximate surface area is 220 Å². The number of fused-ring (bicyclic) bond motifs is 1. The van der Waals surface area contributed by atoms with E-state index in [1.54, 1.807) is 26.8 Å².